The zero-order chi connectivity index (χ0) is 22.0. The van der Waals surface area contributed by atoms with Gasteiger partial charge in [-0.25, -0.2) is 8.42 Å². The molecule has 2 aromatic carbocycles. The highest BCUT2D eigenvalue weighted by molar-refractivity contribution is 7.92. The van der Waals surface area contributed by atoms with Gasteiger partial charge in [0.25, 0.3) is 10.0 Å². The number of aryl methyl sites for hydroxylation is 2. The first-order valence-corrected chi connectivity index (χ1v) is 11.1. The number of anilines is 1. The molecule has 0 saturated heterocycles. The topological polar surface area (TPSA) is 87.0 Å². The summed E-state index contributed by atoms with van der Waals surface area (Å²) in [6, 6.07) is 14.3. The van der Waals surface area contributed by atoms with E-state index in [9.17, 15) is 8.42 Å². The number of nitrogens with one attached hydrogen (secondary N) is 1. The third-order valence-electron chi connectivity index (χ3n) is 4.89. The lowest BCUT2D eigenvalue weighted by atomic mass is 10.0. The highest BCUT2D eigenvalue weighted by Gasteiger charge is 2.22. The number of sulfonamides is 1. The van der Waals surface area contributed by atoms with E-state index in [1.54, 1.807) is 33.1 Å². The Morgan fingerprint density at radius 2 is 1.87 bits per heavy atom. The van der Waals surface area contributed by atoms with E-state index in [-0.39, 0.29) is 11.7 Å². The van der Waals surface area contributed by atoms with E-state index in [1.807, 2.05) is 36.4 Å². The normalized spacial score (nSPS) is 14.0. The van der Waals surface area contributed by atoms with Crippen molar-refractivity contribution < 1.29 is 27.0 Å². The maximum atomic E-state index is 12.8. The molecular formula is C23H23NO6S. The largest absolute Gasteiger partial charge is 0.496 e. The van der Waals surface area contributed by atoms with Crippen LogP contribution in [0.1, 0.15) is 22.6 Å². The van der Waals surface area contributed by atoms with Crippen molar-refractivity contribution in [2.45, 2.75) is 18.7 Å². The minimum absolute atomic E-state index is 0.112. The molecule has 0 aliphatic carbocycles. The second kappa shape index (κ2) is 8.49. The van der Waals surface area contributed by atoms with Crippen molar-refractivity contribution in [2.75, 3.05) is 25.2 Å². The molecule has 31 heavy (non-hydrogen) atoms. The Balaban J connectivity index is 1.68. The number of benzene rings is 2. The molecule has 0 radical (unpaired) electrons. The summed E-state index contributed by atoms with van der Waals surface area (Å²) >= 11 is 0. The number of ether oxygens (including phenoxy) is 3. The summed E-state index contributed by atoms with van der Waals surface area (Å²) in [5.41, 5.74) is 3.01. The maximum Gasteiger partial charge on any atom is 0.265 e. The molecule has 1 aliphatic heterocycles. The fourth-order valence-electron chi connectivity index (χ4n) is 3.48. The number of rotatable bonds is 5. The number of para-hydroxylation sites is 1. The lowest BCUT2D eigenvalue weighted by Gasteiger charge is -2.18. The van der Waals surface area contributed by atoms with Crippen LogP contribution < -0.4 is 14.2 Å². The molecule has 1 aliphatic rings. The second-order valence-electron chi connectivity index (χ2n) is 7.12. The molecule has 7 nitrogen and oxygen atoms in total. The van der Waals surface area contributed by atoms with Gasteiger partial charge in [-0.2, -0.15) is 0 Å². The molecule has 2 heterocycles. The van der Waals surface area contributed by atoms with E-state index in [0.29, 0.717) is 29.6 Å². The quantitative estimate of drug-likeness (QED) is 0.622. The SMILES string of the molecule is COc1cc(NS(=O)(=O)c2cc(C)oc2C)ccc1C1=Cc2ccccc2OCOC1. The average Bonchev–Trinajstić information content (AvgIpc) is 3.07. The van der Waals surface area contributed by atoms with Crippen molar-refractivity contribution >= 4 is 27.4 Å². The minimum Gasteiger partial charge on any atom is -0.496 e. The third-order valence-corrected chi connectivity index (χ3v) is 6.38. The highest BCUT2D eigenvalue weighted by atomic mass is 32.2. The Hall–Kier alpha value is -3.23. The monoisotopic (exact) mass is 441 g/mol. The van der Waals surface area contributed by atoms with Gasteiger partial charge >= 0.3 is 0 Å². The summed E-state index contributed by atoms with van der Waals surface area (Å²) in [5, 5.41) is 0. The Bertz CT molecular complexity index is 1240. The Morgan fingerprint density at radius 3 is 2.61 bits per heavy atom. The Kier molecular flexibility index (Phi) is 5.75. The molecule has 0 amide bonds. The van der Waals surface area contributed by atoms with Gasteiger partial charge in [0, 0.05) is 23.3 Å². The van der Waals surface area contributed by atoms with E-state index in [1.165, 1.54) is 6.07 Å². The van der Waals surface area contributed by atoms with Crippen LogP contribution in [0.2, 0.25) is 0 Å². The van der Waals surface area contributed by atoms with E-state index < -0.39 is 10.0 Å². The number of methoxy groups -OCH3 is 1. The van der Waals surface area contributed by atoms with Crippen LogP contribution in [0.4, 0.5) is 5.69 Å². The van der Waals surface area contributed by atoms with Crippen molar-refractivity contribution in [2.24, 2.45) is 0 Å². The van der Waals surface area contributed by atoms with Gasteiger partial charge in [0.2, 0.25) is 0 Å². The smallest absolute Gasteiger partial charge is 0.265 e. The van der Waals surface area contributed by atoms with Crippen LogP contribution >= 0.6 is 0 Å². The number of furan rings is 1. The van der Waals surface area contributed by atoms with Gasteiger partial charge in [0.15, 0.2) is 6.79 Å². The Morgan fingerprint density at radius 1 is 1.06 bits per heavy atom. The van der Waals surface area contributed by atoms with E-state index in [2.05, 4.69) is 4.72 Å². The molecule has 3 aromatic rings. The molecule has 0 unspecified atom stereocenters. The van der Waals surface area contributed by atoms with Gasteiger partial charge < -0.3 is 18.6 Å². The third kappa shape index (κ3) is 4.45. The molecule has 8 heteroatoms. The lowest BCUT2D eigenvalue weighted by molar-refractivity contribution is 0.0324. The molecule has 1 N–H and O–H groups in total. The van der Waals surface area contributed by atoms with Gasteiger partial charge in [0.05, 0.1) is 19.4 Å². The highest BCUT2D eigenvalue weighted by Crippen LogP contribution is 2.34. The van der Waals surface area contributed by atoms with Crippen LogP contribution in [0.3, 0.4) is 0 Å². The summed E-state index contributed by atoms with van der Waals surface area (Å²) in [4.78, 5) is 0.112. The second-order valence-corrected chi connectivity index (χ2v) is 8.77. The van der Waals surface area contributed by atoms with Crippen molar-refractivity contribution in [3.63, 3.8) is 0 Å². The molecule has 0 bridgehead atoms. The van der Waals surface area contributed by atoms with Crippen LogP contribution in [0, 0.1) is 13.8 Å². The molecule has 162 valence electrons. The van der Waals surface area contributed by atoms with Crippen LogP contribution in [0.5, 0.6) is 11.5 Å². The number of hydrogen-bond donors (Lipinski definition) is 1. The summed E-state index contributed by atoms with van der Waals surface area (Å²) in [6.07, 6.45) is 1.98. The molecule has 0 spiro atoms. The van der Waals surface area contributed by atoms with Gasteiger partial charge in [-0.05, 0) is 43.7 Å². The van der Waals surface area contributed by atoms with Gasteiger partial charge in [-0.3, -0.25) is 4.72 Å². The van der Waals surface area contributed by atoms with Crippen molar-refractivity contribution in [3.8, 4) is 11.5 Å². The number of fused-ring (bicyclic) bond motifs is 1. The molecule has 0 atom stereocenters. The maximum absolute atomic E-state index is 12.8. The van der Waals surface area contributed by atoms with Crippen molar-refractivity contribution in [1.29, 1.82) is 0 Å². The molecule has 1 aromatic heterocycles. The van der Waals surface area contributed by atoms with Crippen LogP contribution in [-0.2, 0) is 14.8 Å². The van der Waals surface area contributed by atoms with Crippen molar-refractivity contribution in [3.05, 3.63) is 71.2 Å². The summed E-state index contributed by atoms with van der Waals surface area (Å²) in [5.74, 6) is 2.13. The fourth-order valence-corrected chi connectivity index (χ4v) is 4.77. The Labute approximate surface area is 181 Å². The zero-order valence-electron chi connectivity index (χ0n) is 17.5. The van der Waals surface area contributed by atoms with E-state index in [4.69, 9.17) is 18.6 Å². The molecular weight excluding hydrogens is 418 g/mol. The standard InChI is InChI=1S/C23H23NO6S/c1-15-10-23(16(2)30-15)31(25,26)24-19-8-9-20(22(12-19)27-3)18-11-17-6-4-5-7-21(17)29-14-28-13-18/h4-12,24H,13-14H2,1-3H3. The zero-order valence-corrected chi connectivity index (χ0v) is 18.3. The predicted molar refractivity (Wildman–Crippen MR) is 118 cm³/mol. The van der Waals surface area contributed by atoms with Crippen LogP contribution in [-0.4, -0.2) is 28.9 Å². The molecule has 4 rings (SSSR count). The average molecular weight is 442 g/mol. The fraction of sp³-hybridized carbons (Fsp3) is 0.217. The van der Waals surface area contributed by atoms with E-state index in [0.717, 1.165) is 22.4 Å². The first-order valence-electron chi connectivity index (χ1n) is 9.66. The van der Waals surface area contributed by atoms with Crippen LogP contribution in [0.15, 0.2) is 57.8 Å². The number of hydrogen-bond acceptors (Lipinski definition) is 6. The van der Waals surface area contributed by atoms with Crippen molar-refractivity contribution in [1.82, 2.24) is 0 Å². The first-order chi connectivity index (χ1) is 14.9. The summed E-state index contributed by atoms with van der Waals surface area (Å²) < 4.78 is 50.3. The molecule has 0 fully saturated rings. The first kappa shape index (κ1) is 21.0. The summed E-state index contributed by atoms with van der Waals surface area (Å²) in [7, 11) is -2.25. The van der Waals surface area contributed by atoms with E-state index >= 15 is 0 Å². The van der Waals surface area contributed by atoms with Gasteiger partial charge in [-0.1, -0.05) is 18.2 Å². The van der Waals surface area contributed by atoms with Gasteiger partial charge in [0.1, 0.15) is 27.9 Å². The van der Waals surface area contributed by atoms with Gasteiger partial charge in [-0.15, -0.1) is 0 Å². The predicted octanol–water partition coefficient (Wildman–Crippen LogP) is 4.61. The lowest BCUT2D eigenvalue weighted by Crippen LogP contribution is -2.13. The van der Waals surface area contributed by atoms with Crippen LogP contribution in [0.25, 0.3) is 11.6 Å². The molecule has 0 saturated carbocycles. The summed E-state index contributed by atoms with van der Waals surface area (Å²) in [6.45, 7) is 3.78. The minimum atomic E-state index is -3.79.